The van der Waals surface area contributed by atoms with Crippen molar-refractivity contribution >= 4 is 23.8 Å². The molecule has 2 N–H and O–H groups in total. The molecule has 0 aromatic carbocycles. The van der Waals surface area contributed by atoms with E-state index in [9.17, 15) is 18.0 Å². The predicted octanol–water partition coefficient (Wildman–Crippen LogP) is 1.58. The number of aromatic nitrogens is 4. The van der Waals surface area contributed by atoms with Crippen LogP contribution in [0.5, 0.6) is 0 Å². The van der Waals surface area contributed by atoms with Crippen LogP contribution in [0.2, 0.25) is 0 Å². The summed E-state index contributed by atoms with van der Waals surface area (Å²) in [6.07, 6.45) is 3.55. The fraction of sp³-hybridized carbons (Fsp3) is 0.389. The Bertz CT molecular complexity index is 978. The van der Waals surface area contributed by atoms with Gasteiger partial charge in [-0.25, -0.2) is 19.7 Å². The number of nitrogens with zero attached hydrogens (tertiary/aromatic N) is 6. The number of hydrogen-bond donors (Lipinski definition) is 1. The van der Waals surface area contributed by atoms with Gasteiger partial charge in [0.15, 0.2) is 5.69 Å². The van der Waals surface area contributed by atoms with Gasteiger partial charge < -0.3 is 20.1 Å². The van der Waals surface area contributed by atoms with Crippen molar-refractivity contribution in [3.8, 4) is 24.1 Å². The van der Waals surface area contributed by atoms with Crippen LogP contribution in [0.3, 0.4) is 0 Å². The highest BCUT2D eigenvalue weighted by Crippen LogP contribution is 2.36. The summed E-state index contributed by atoms with van der Waals surface area (Å²) in [5.74, 6) is -0.207. The summed E-state index contributed by atoms with van der Waals surface area (Å²) in [6.45, 7) is 2.14. The summed E-state index contributed by atoms with van der Waals surface area (Å²) >= 11 is 0. The molecule has 2 aromatic heterocycles. The first-order chi connectivity index (χ1) is 14.8. The average Bonchev–Trinajstić information content (AvgIpc) is 3.21. The van der Waals surface area contributed by atoms with E-state index in [1.807, 2.05) is 0 Å². The van der Waals surface area contributed by atoms with Gasteiger partial charge in [0, 0.05) is 30.9 Å². The Labute approximate surface area is 175 Å². The summed E-state index contributed by atoms with van der Waals surface area (Å²) in [6, 6.07) is 1.28. The summed E-state index contributed by atoms with van der Waals surface area (Å²) < 4.78 is 50.8. The number of alkyl halides is 3. The van der Waals surface area contributed by atoms with E-state index in [2.05, 4.69) is 32.8 Å². The molecule has 2 aliphatic rings. The molecule has 0 bridgehead atoms. The van der Waals surface area contributed by atoms with E-state index in [0.717, 1.165) is 6.20 Å². The van der Waals surface area contributed by atoms with E-state index in [4.69, 9.17) is 15.2 Å². The van der Waals surface area contributed by atoms with Crippen molar-refractivity contribution < 1.29 is 27.4 Å². The first kappa shape index (κ1) is 22.0. The van der Waals surface area contributed by atoms with Crippen LogP contribution >= 0.6 is 0 Å². The molecular formula is C18H18F3N7O3. The Balaban J connectivity index is 0.00000132. The van der Waals surface area contributed by atoms with Crippen LogP contribution < -0.4 is 15.5 Å². The monoisotopic (exact) mass is 437 g/mol. The third kappa shape index (κ3) is 4.75. The molecule has 0 saturated carbocycles. The van der Waals surface area contributed by atoms with Gasteiger partial charge in [-0.3, -0.25) is 4.90 Å². The first-order valence-corrected chi connectivity index (χ1v) is 9.02. The SMILES string of the molecule is C#C.Nc1ncc(-c2cc(N3CCOC3=O)nc(N3CCOCC3)n2)c(C(F)(F)F)n1. The van der Waals surface area contributed by atoms with Crippen molar-refractivity contribution in [3.63, 3.8) is 0 Å². The standard InChI is InChI=1S/C16H16F3N7O3.C2H2/c17-16(18,19)12-9(8-21-13(20)24-12)10-7-11(26-3-6-29-15(26)27)23-14(22-10)25-1-4-28-5-2-25;1-2/h7-8H,1-6H2,(H2,20,21,24);1-2H. The molecule has 2 aliphatic heterocycles. The van der Waals surface area contributed by atoms with Gasteiger partial charge in [-0.05, 0) is 0 Å². The molecule has 13 heteroatoms. The van der Waals surface area contributed by atoms with Crippen LogP contribution in [0, 0.1) is 12.8 Å². The number of anilines is 3. The Kier molecular flexibility index (Phi) is 6.40. The van der Waals surface area contributed by atoms with Crippen molar-refractivity contribution in [2.45, 2.75) is 6.18 Å². The van der Waals surface area contributed by atoms with Crippen molar-refractivity contribution in [1.29, 1.82) is 0 Å². The Morgan fingerprint density at radius 3 is 2.39 bits per heavy atom. The quantitative estimate of drug-likeness (QED) is 0.714. The minimum atomic E-state index is -4.77. The lowest BCUT2D eigenvalue weighted by Crippen LogP contribution is -2.38. The zero-order valence-corrected chi connectivity index (χ0v) is 16.2. The number of rotatable bonds is 3. The fourth-order valence-electron chi connectivity index (χ4n) is 3.00. The molecule has 0 spiro atoms. The van der Waals surface area contributed by atoms with Crippen LogP contribution in [0.15, 0.2) is 12.3 Å². The molecule has 1 amide bonds. The number of cyclic esters (lactones) is 1. The molecule has 0 unspecified atom stereocenters. The van der Waals surface area contributed by atoms with Crippen molar-refractivity contribution in [3.05, 3.63) is 18.0 Å². The lowest BCUT2D eigenvalue weighted by molar-refractivity contribution is -0.140. The second-order valence-electron chi connectivity index (χ2n) is 6.27. The maximum absolute atomic E-state index is 13.5. The highest BCUT2D eigenvalue weighted by atomic mass is 19.4. The number of morpholine rings is 1. The van der Waals surface area contributed by atoms with E-state index < -0.39 is 23.9 Å². The number of nitrogen functional groups attached to an aromatic ring is 1. The average molecular weight is 437 g/mol. The van der Waals surface area contributed by atoms with E-state index in [1.54, 1.807) is 4.90 Å². The number of carbonyl (C=O) groups is 1. The van der Waals surface area contributed by atoms with E-state index in [1.165, 1.54) is 11.0 Å². The zero-order chi connectivity index (χ0) is 22.6. The van der Waals surface area contributed by atoms with Crippen LogP contribution in [-0.2, 0) is 15.7 Å². The topological polar surface area (TPSA) is 120 Å². The maximum Gasteiger partial charge on any atom is 0.434 e. The van der Waals surface area contributed by atoms with Crippen molar-refractivity contribution in [2.24, 2.45) is 0 Å². The molecule has 0 aliphatic carbocycles. The number of terminal acetylenes is 1. The van der Waals surface area contributed by atoms with Crippen LogP contribution in [0.25, 0.3) is 11.3 Å². The third-order valence-corrected chi connectivity index (χ3v) is 4.38. The summed E-state index contributed by atoms with van der Waals surface area (Å²) in [4.78, 5) is 30.7. The van der Waals surface area contributed by atoms with Gasteiger partial charge in [-0.15, -0.1) is 12.8 Å². The van der Waals surface area contributed by atoms with Crippen LogP contribution in [-0.4, -0.2) is 65.5 Å². The molecule has 2 saturated heterocycles. The van der Waals surface area contributed by atoms with Crippen LogP contribution in [0.4, 0.5) is 35.7 Å². The molecule has 10 nitrogen and oxygen atoms in total. The number of ether oxygens (including phenoxy) is 2. The second kappa shape index (κ2) is 9.00. The highest BCUT2D eigenvalue weighted by molar-refractivity contribution is 5.89. The number of halogens is 3. The number of carbonyl (C=O) groups excluding carboxylic acids is 1. The van der Waals surface area contributed by atoms with Gasteiger partial charge in [-0.1, -0.05) is 0 Å². The van der Waals surface area contributed by atoms with Gasteiger partial charge in [0.05, 0.1) is 25.5 Å². The molecule has 0 atom stereocenters. The van der Waals surface area contributed by atoms with E-state index in [0.29, 0.717) is 26.3 Å². The van der Waals surface area contributed by atoms with Crippen molar-refractivity contribution in [1.82, 2.24) is 19.9 Å². The largest absolute Gasteiger partial charge is 0.447 e. The Hall–Kier alpha value is -3.66. The van der Waals surface area contributed by atoms with Gasteiger partial charge >= 0.3 is 12.3 Å². The van der Waals surface area contributed by atoms with Gasteiger partial charge in [0.1, 0.15) is 12.4 Å². The second-order valence-corrected chi connectivity index (χ2v) is 6.27. The molecule has 4 heterocycles. The predicted molar refractivity (Wildman–Crippen MR) is 104 cm³/mol. The smallest absolute Gasteiger partial charge is 0.434 e. The maximum atomic E-state index is 13.5. The highest BCUT2D eigenvalue weighted by Gasteiger charge is 2.37. The van der Waals surface area contributed by atoms with Gasteiger partial charge in [0.25, 0.3) is 0 Å². The molecule has 164 valence electrons. The fourth-order valence-corrected chi connectivity index (χ4v) is 3.00. The van der Waals surface area contributed by atoms with Gasteiger partial charge in [0.2, 0.25) is 11.9 Å². The molecule has 31 heavy (non-hydrogen) atoms. The number of amides is 1. The Morgan fingerprint density at radius 2 is 1.77 bits per heavy atom. The zero-order valence-electron chi connectivity index (χ0n) is 16.2. The molecule has 2 aromatic rings. The lowest BCUT2D eigenvalue weighted by atomic mass is 10.1. The minimum absolute atomic E-state index is 0.0801. The van der Waals surface area contributed by atoms with E-state index >= 15 is 0 Å². The normalized spacial score (nSPS) is 16.5. The van der Waals surface area contributed by atoms with Crippen LogP contribution in [0.1, 0.15) is 5.69 Å². The van der Waals surface area contributed by atoms with E-state index in [-0.39, 0.29) is 36.2 Å². The lowest BCUT2D eigenvalue weighted by Gasteiger charge is -2.28. The van der Waals surface area contributed by atoms with Crippen molar-refractivity contribution in [2.75, 3.05) is 55.0 Å². The molecule has 2 fully saturated rings. The molecule has 4 rings (SSSR count). The number of nitrogens with two attached hydrogens (primary N) is 1. The summed E-state index contributed by atoms with van der Waals surface area (Å²) in [5.41, 5.74) is 3.69. The minimum Gasteiger partial charge on any atom is -0.447 e. The molecule has 0 radical (unpaired) electrons. The number of hydrogen-bond acceptors (Lipinski definition) is 9. The molecular weight excluding hydrogens is 419 g/mol. The summed E-state index contributed by atoms with van der Waals surface area (Å²) in [7, 11) is 0. The Morgan fingerprint density at radius 1 is 1.06 bits per heavy atom. The first-order valence-electron chi connectivity index (χ1n) is 9.02. The summed E-state index contributed by atoms with van der Waals surface area (Å²) in [5, 5.41) is 0. The van der Waals surface area contributed by atoms with Gasteiger partial charge in [-0.2, -0.15) is 18.2 Å². The third-order valence-electron chi connectivity index (χ3n) is 4.38.